The van der Waals surface area contributed by atoms with Gasteiger partial charge in [0.2, 0.25) is 0 Å². The zero-order chi connectivity index (χ0) is 16.5. The van der Waals surface area contributed by atoms with Crippen LogP contribution in [0.2, 0.25) is 0 Å². The molecule has 4 rings (SSSR count). The number of carbonyl (C=O) groups is 1. The quantitative estimate of drug-likeness (QED) is 0.767. The standard InChI is InChI=1S/C20H19N3O/c1-2-13-6-5-8-15(12-13)21-20(24)19-17-11-10-14-7-3-4-9-16(14)18(17)22-23-19/h3-9,12H,2,10-11H2,1H3,(H,21,24)(H,22,23). The van der Waals surface area contributed by atoms with Gasteiger partial charge >= 0.3 is 0 Å². The molecule has 1 aliphatic carbocycles. The molecule has 0 atom stereocenters. The molecule has 0 fully saturated rings. The number of amides is 1. The van der Waals surface area contributed by atoms with Gasteiger partial charge in [-0.1, -0.05) is 43.3 Å². The molecular weight excluding hydrogens is 298 g/mol. The van der Waals surface area contributed by atoms with Crippen molar-refractivity contribution in [1.29, 1.82) is 0 Å². The summed E-state index contributed by atoms with van der Waals surface area (Å²) in [7, 11) is 0. The van der Waals surface area contributed by atoms with E-state index >= 15 is 0 Å². The van der Waals surface area contributed by atoms with E-state index in [-0.39, 0.29) is 5.91 Å². The Kier molecular flexibility index (Phi) is 3.65. The van der Waals surface area contributed by atoms with Crippen LogP contribution < -0.4 is 5.32 Å². The number of aryl methyl sites for hydroxylation is 2. The first-order valence-corrected chi connectivity index (χ1v) is 8.32. The van der Waals surface area contributed by atoms with Gasteiger partial charge < -0.3 is 5.32 Å². The number of fused-ring (bicyclic) bond motifs is 3. The van der Waals surface area contributed by atoms with E-state index in [1.807, 2.05) is 30.3 Å². The van der Waals surface area contributed by atoms with Gasteiger partial charge in [0.25, 0.3) is 5.91 Å². The number of anilines is 1. The highest BCUT2D eigenvalue weighted by molar-refractivity contribution is 6.05. The number of benzene rings is 2. The predicted octanol–water partition coefficient (Wildman–Crippen LogP) is 3.99. The molecule has 0 unspecified atom stereocenters. The maximum absolute atomic E-state index is 12.7. The molecule has 1 amide bonds. The molecule has 2 N–H and O–H groups in total. The van der Waals surface area contributed by atoms with Crippen LogP contribution in [0.5, 0.6) is 0 Å². The van der Waals surface area contributed by atoms with E-state index in [9.17, 15) is 4.79 Å². The molecule has 0 bridgehead atoms. The number of rotatable bonds is 3. The summed E-state index contributed by atoms with van der Waals surface area (Å²) in [5, 5.41) is 10.3. The van der Waals surface area contributed by atoms with Gasteiger partial charge in [0.1, 0.15) is 5.69 Å². The van der Waals surface area contributed by atoms with Crippen molar-refractivity contribution in [1.82, 2.24) is 10.2 Å². The Hall–Kier alpha value is -2.88. The number of aromatic amines is 1. The summed E-state index contributed by atoms with van der Waals surface area (Å²) in [6.07, 6.45) is 2.72. The lowest BCUT2D eigenvalue weighted by molar-refractivity contribution is 0.102. The highest BCUT2D eigenvalue weighted by atomic mass is 16.1. The van der Waals surface area contributed by atoms with E-state index in [1.165, 1.54) is 11.1 Å². The van der Waals surface area contributed by atoms with E-state index < -0.39 is 0 Å². The molecular formula is C20H19N3O. The first kappa shape index (κ1) is 14.7. The lowest BCUT2D eigenvalue weighted by atomic mass is 9.89. The summed E-state index contributed by atoms with van der Waals surface area (Å²) < 4.78 is 0. The lowest BCUT2D eigenvalue weighted by Gasteiger charge is -2.15. The molecule has 0 radical (unpaired) electrons. The van der Waals surface area contributed by atoms with Crippen LogP contribution in [0.4, 0.5) is 5.69 Å². The van der Waals surface area contributed by atoms with Crippen molar-refractivity contribution in [2.75, 3.05) is 5.32 Å². The van der Waals surface area contributed by atoms with Crippen LogP contribution in [-0.4, -0.2) is 16.1 Å². The summed E-state index contributed by atoms with van der Waals surface area (Å²) >= 11 is 0. The molecule has 1 aliphatic rings. The minimum absolute atomic E-state index is 0.128. The fourth-order valence-electron chi connectivity index (χ4n) is 3.31. The summed E-state index contributed by atoms with van der Waals surface area (Å²) in [5.74, 6) is -0.128. The van der Waals surface area contributed by atoms with Crippen molar-refractivity contribution in [3.63, 3.8) is 0 Å². The number of hydrogen-bond donors (Lipinski definition) is 2. The third-order valence-electron chi connectivity index (χ3n) is 4.60. The van der Waals surface area contributed by atoms with Crippen LogP contribution in [-0.2, 0) is 19.3 Å². The smallest absolute Gasteiger partial charge is 0.273 e. The molecule has 1 heterocycles. The Balaban J connectivity index is 1.64. The Morgan fingerprint density at radius 2 is 2.04 bits per heavy atom. The second kappa shape index (κ2) is 5.96. The maximum atomic E-state index is 12.7. The van der Waals surface area contributed by atoms with Gasteiger partial charge in [0.05, 0.1) is 5.69 Å². The molecule has 1 aromatic heterocycles. The van der Waals surface area contributed by atoms with Gasteiger partial charge in [0, 0.05) is 16.8 Å². The Bertz CT molecular complexity index is 911. The molecule has 2 aromatic carbocycles. The Labute approximate surface area is 140 Å². The van der Waals surface area contributed by atoms with E-state index in [4.69, 9.17) is 0 Å². The van der Waals surface area contributed by atoms with Gasteiger partial charge in [-0.05, 0) is 42.5 Å². The zero-order valence-electron chi connectivity index (χ0n) is 13.6. The number of H-pyrrole nitrogens is 1. The fraction of sp³-hybridized carbons (Fsp3) is 0.200. The average Bonchev–Trinajstić information content (AvgIpc) is 3.06. The summed E-state index contributed by atoms with van der Waals surface area (Å²) in [4.78, 5) is 12.7. The highest BCUT2D eigenvalue weighted by Crippen LogP contribution is 2.33. The SMILES string of the molecule is CCc1cccc(NC(=O)c2[nH]nc3c2CCc2ccccc2-3)c1. The van der Waals surface area contributed by atoms with Crippen molar-refractivity contribution in [3.05, 3.63) is 70.9 Å². The molecule has 3 aromatic rings. The average molecular weight is 317 g/mol. The molecule has 0 saturated carbocycles. The third-order valence-corrected chi connectivity index (χ3v) is 4.60. The van der Waals surface area contributed by atoms with Crippen LogP contribution in [0, 0.1) is 0 Å². The summed E-state index contributed by atoms with van der Waals surface area (Å²) in [6, 6.07) is 16.2. The number of hydrogen-bond acceptors (Lipinski definition) is 2. The van der Waals surface area contributed by atoms with Gasteiger partial charge in [-0.2, -0.15) is 5.10 Å². The van der Waals surface area contributed by atoms with Gasteiger partial charge in [-0.25, -0.2) is 0 Å². The van der Waals surface area contributed by atoms with Gasteiger partial charge in [-0.15, -0.1) is 0 Å². The van der Waals surface area contributed by atoms with Gasteiger partial charge in [0.15, 0.2) is 0 Å². The second-order valence-corrected chi connectivity index (χ2v) is 6.09. The van der Waals surface area contributed by atoms with E-state index in [2.05, 4.69) is 40.6 Å². The minimum Gasteiger partial charge on any atom is -0.321 e. The number of nitrogens with zero attached hydrogens (tertiary/aromatic N) is 1. The van der Waals surface area contributed by atoms with Crippen molar-refractivity contribution < 1.29 is 4.79 Å². The monoisotopic (exact) mass is 317 g/mol. The Morgan fingerprint density at radius 3 is 2.92 bits per heavy atom. The predicted molar refractivity (Wildman–Crippen MR) is 95.2 cm³/mol. The van der Waals surface area contributed by atoms with Crippen molar-refractivity contribution in [2.45, 2.75) is 26.2 Å². The van der Waals surface area contributed by atoms with E-state index in [0.717, 1.165) is 41.8 Å². The first-order chi connectivity index (χ1) is 11.8. The molecule has 4 nitrogen and oxygen atoms in total. The van der Waals surface area contributed by atoms with Crippen molar-refractivity contribution >= 4 is 11.6 Å². The molecule has 0 aliphatic heterocycles. The molecule has 120 valence electrons. The van der Waals surface area contributed by atoms with Crippen LogP contribution >= 0.6 is 0 Å². The largest absolute Gasteiger partial charge is 0.321 e. The molecule has 0 spiro atoms. The lowest BCUT2D eigenvalue weighted by Crippen LogP contribution is -2.16. The van der Waals surface area contributed by atoms with Crippen LogP contribution in [0.25, 0.3) is 11.3 Å². The topological polar surface area (TPSA) is 57.8 Å². The maximum Gasteiger partial charge on any atom is 0.273 e. The first-order valence-electron chi connectivity index (χ1n) is 8.32. The minimum atomic E-state index is -0.128. The third kappa shape index (κ3) is 2.50. The van der Waals surface area contributed by atoms with E-state index in [0.29, 0.717) is 5.69 Å². The number of nitrogens with one attached hydrogen (secondary N) is 2. The van der Waals surface area contributed by atoms with Gasteiger partial charge in [-0.3, -0.25) is 9.89 Å². The second-order valence-electron chi connectivity index (χ2n) is 6.09. The number of carbonyl (C=O) groups excluding carboxylic acids is 1. The van der Waals surface area contributed by atoms with Crippen LogP contribution in [0.1, 0.15) is 34.1 Å². The Morgan fingerprint density at radius 1 is 1.17 bits per heavy atom. The van der Waals surface area contributed by atoms with Crippen LogP contribution in [0.3, 0.4) is 0 Å². The van der Waals surface area contributed by atoms with Crippen molar-refractivity contribution in [2.24, 2.45) is 0 Å². The van der Waals surface area contributed by atoms with Crippen LogP contribution in [0.15, 0.2) is 48.5 Å². The highest BCUT2D eigenvalue weighted by Gasteiger charge is 2.24. The van der Waals surface area contributed by atoms with E-state index in [1.54, 1.807) is 0 Å². The summed E-state index contributed by atoms with van der Waals surface area (Å²) in [5.41, 5.74) is 6.93. The summed E-state index contributed by atoms with van der Waals surface area (Å²) in [6.45, 7) is 2.10. The molecule has 24 heavy (non-hydrogen) atoms. The van der Waals surface area contributed by atoms with Crippen molar-refractivity contribution in [3.8, 4) is 11.3 Å². The normalized spacial score (nSPS) is 12.4. The molecule has 4 heteroatoms. The molecule has 0 saturated heterocycles. The fourth-order valence-corrected chi connectivity index (χ4v) is 3.31. The number of aromatic nitrogens is 2. The zero-order valence-corrected chi connectivity index (χ0v) is 13.6.